The first-order valence-electron chi connectivity index (χ1n) is 6.11. The molecule has 0 saturated carbocycles. The van der Waals surface area contributed by atoms with Crippen molar-refractivity contribution in [3.05, 3.63) is 63.5 Å². The van der Waals surface area contributed by atoms with Crippen LogP contribution in [0.2, 0.25) is 0 Å². The highest BCUT2D eigenvalue weighted by Crippen LogP contribution is 2.28. The average Bonchev–Trinajstić information content (AvgIpc) is 2.45. The predicted molar refractivity (Wildman–Crippen MR) is 74.3 cm³/mol. The van der Waals surface area contributed by atoms with Gasteiger partial charge in [-0.1, -0.05) is 6.07 Å². The summed E-state index contributed by atoms with van der Waals surface area (Å²) < 4.78 is 5.52. The van der Waals surface area contributed by atoms with E-state index in [1.54, 1.807) is 24.5 Å². The van der Waals surface area contributed by atoms with Gasteiger partial charge in [0.15, 0.2) is 5.75 Å². The Labute approximate surface area is 116 Å². The van der Waals surface area contributed by atoms with Crippen molar-refractivity contribution in [3.63, 3.8) is 0 Å². The van der Waals surface area contributed by atoms with E-state index in [1.165, 1.54) is 6.07 Å². The summed E-state index contributed by atoms with van der Waals surface area (Å²) >= 11 is 0. The Balaban J connectivity index is 2.18. The topological polar surface area (TPSA) is 91.3 Å². The summed E-state index contributed by atoms with van der Waals surface area (Å²) in [4.78, 5) is 14.6. The molecule has 0 saturated heterocycles. The minimum absolute atomic E-state index is 0.0754. The Kier molecular flexibility index (Phi) is 4.27. The molecule has 2 rings (SSSR count). The molecular weight excluding hydrogens is 258 g/mol. The van der Waals surface area contributed by atoms with Gasteiger partial charge in [0.2, 0.25) is 0 Å². The maximum atomic E-state index is 11.0. The first-order chi connectivity index (χ1) is 9.60. The lowest BCUT2D eigenvalue weighted by Gasteiger charge is -2.08. The molecule has 104 valence electrons. The van der Waals surface area contributed by atoms with Crippen LogP contribution in [0.5, 0.6) is 5.75 Å². The number of nitrogens with two attached hydrogens (primary N) is 1. The van der Waals surface area contributed by atoms with Gasteiger partial charge in [-0.25, -0.2) is 0 Å². The summed E-state index contributed by atoms with van der Waals surface area (Å²) in [5, 5.41) is 11.0. The molecule has 0 aliphatic carbocycles. The summed E-state index contributed by atoms with van der Waals surface area (Å²) in [7, 11) is 0. The molecule has 0 aliphatic heterocycles. The van der Waals surface area contributed by atoms with Crippen LogP contribution in [0.25, 0.3) is 0 Å². The lowest BCUT2D eigenvalue weighted by Crippen LogP contribution is -2.02. The Hall–Kier alpha value is -2.47. The number of hydrogen-bond donors (Lipinski definition) is 1. The molecule has 1 aromatic carbocycles. The number of pyridine rings is 1. The molecule has 2 aromatic rings. The third kappa shape index (κ3) is 3.30. The molecule has 0 spiro atoms. The smallest absolute Gasteiger partial charge is 0.311 e. The largest absolute Gasteiger partial charge is 0.482 e. The quantitative estimate of drug-likeness (QED) is 0.666. The molecule has 0 amide bonds. The normalized spacial score (nSPS) is 10.3. The molecule has 0 fully saturated rings. The van der Waals surface area contributed by atoms with Gasteiger partial charge in [0.05, 0.1) is 4.92 Å². The van der Waals surface area contributed by atoms with Crippen molar-refractivity contribution in [2.75, 3.05) is 0 Å². The van der Waals surface area contributed by atoms with Crippen LogP contribution in [0.4, 0.5) is 5.69 Å². The third-order valence-corrected chi connectivity index (χ3v) is 2.78. The zero-order valence-corrected chi connectivity index (χ0v) is 11.1. The van der Waals surface area contributed by atoms with Gasteiger partial charge in [0.25, 0.3) is 0 Å². The molecule has 0 atom stereocenters. The van der Waals surface area contributed by atoms with Gasteiger partial charge in [0.1, 0.15) is 6.61 Å². The van der Waals surface area contributed by atoms with Crippen molar-refractivity contribution >= 4 is 5.69 Å². The van der Waals surface area contributed by atoms with Gasteiger partial charge < -0.3 is 10.5 Å². The molecule has 2 N–H and O–H groups in total. The van der Waals surface area contributed by atoms with E-state index >= 15 is 0 Å². The van der Waals surface area contributed by atoms with E-state index in [9.17, 15) is 10.1 Å². The number of rotatable bonds is 5. The zero-order valence-electron chi connectivity index (χ0n) is 11.1. The summed E-state index contributed by atoms with van der Waals surface area (Å²) in [5.41, 5.74) is 7.98. The Morgan fingerprint density at radius 1 is 1.30 bits per heavy atom. The fourth-order valence-corrected chi connectivity index (χ4v) is 1.81. The molecular formula is C14H15N3O3. The summed E-state index contributed by atoms with van der Waals surface area (Å²) in [6.45, 7) is 2.41. The van der Waals surface area contributed by atoms with Crippen molar-refractivity contribution in [2.45, 2.75) is 20.1 Å². The highest BCUT2D eigenvalue weighted by atomic mass is 16.6. The number of nitrogens with zero attached hydrogens (tertiary/aromatic N) is 2. The minimum atomic E-state index is -0.469. The summed E-state index contributed by atoms with van der Waals surface area (Å²) in [5.74, 6) is 0.230. The van der Waals surface area contributed by atoms with E-state index in [-0.39, 0.29) is 24.6 Å². The fraction of sp³-hybridized carbons (Fsp3) is 0.214. The number of ether oxygens (including phenoxy) is 1. The third-order valence-electron chi connectivity index (χ3n) is 2.78. The highest BCUT2D eigenvalue weighted by Gasteiger charge is 2.15. The van der Waals surface area contributed by atoms with Gasteiger partial charge >= 0.3 is 5.69 Å². The van der Waals surface area contributed by atoms with Gasteiger partial charge in [-0.05, 0) is 30.2 Å². The first-order valence-corrected chi connectivity index (χ1v) is 6.11. The number of hydrogen-bond acceptors (Lipinski definition) is 5. The van der Waals surface area contributed by atoms with Crippen molar-refractivity contribution in [3.8, 4) is 5.75 Å². The van der Waals surface area contributed by atoms with E-state index < -0.39 is 4.92 Å². The maximum absolute atomic E-state index is 11.0. The van der Waals surface area contributed by atoms with Crippen LogP contribution in [0, 0.1) is 17.0 Å². The van der Waals surface area contributed by atoms with Crippen molar-refractivity contribution in [1.29, 1.82) is 0 Å². The summed E-state index contributed by atoms with van der Waals surface area (Å²) in [6.07, 6.45) is 3.41. The lowest BCUT2D eigenvalue weighted by atomic mass is 10.2. The SMILES string of the molecule is Cc1cncc(COc2ccc(CN)cc2[N+](=O)[O-])c1. The molecule has 0 radical (unpaired) electrons. The number of nitro groups is 1. The van der Waals surface area contributed by atoms with Crippen molar-refractivity contribution in [2.24, 2.45) is 5.73 Å². The lowest BCUT2D eigenvalue weighted by molar-refractivity contribution is -0.386. The fourth-order valence-electron chi connectivity index (χ4n) is 1.81. The molecule has 20 heavy (non-hydrogen) atoms. The number of aryl methyl sites for hydroxylation is 1. The van der Waals surface area contributed by atoms with E-state index in [1.807, 2.05) is 13.0 Å². The molecule has 1 aromatic heterocycles. The highest BCUT2D eigenvalue weighted by molar-refractivity contribution is 5.48. The van der Waals surface area contributed by atoms with Crippen LogP contribution in [0.3, 0.4) is 0 Å². The molecule has 0 unspecified atom stereocenters. The van der Waals surface area contributed by atoms with Crippen LogP contribution < -0.4 is 10.5 Å². The van der Waals surface area contributed by atoms with Crippen LogP contribution in [0.1, 0.15) is 16.7 Å². The maximum Gasteiger partial charge on any atom is 0.311 e. The molecule has 0 bridgehead atoms. The van der Waals surface area contributed by atoms with Gasteiger partial charge in [-0.2, -0.15) is 0 Å². The van der Waals surface area contributed by atoms with Crippen LogP contribution >= 0.6 is 0 Å². The number of benzene rings is 1. The van der Waals surface area contributed by atoms with Gasteiger partial charge in [-0.3, -0.25) is 15.1 Å². The van der Waals surface area contributed by atoms with Crippen molar-refractivity contribution < 1.29 is 9.66 Å². The van der Waals surface area contributed by atoms with Crippen LogP contribution in [-0.4, -0.2) is 9.91 Å². The van der Waals surface area contributed by atoms with Gasteiger partial charge in [0, 0.05) is 30.6 Å². The standard InChI is InChI=1S/C14H15N3O3/c1-10-4-12(8-16-7-10)9-20-14-3-2-11(6-15)5-13(14)17(18)19/h2-5,7-8H,6,9,15H2,1H3. The number of aromatic nitrogens is 1. The zero-order chi connectivity index (χ0) is 14.5. The van der Waals surface area contributed by atoms with E-state index in [2.05, 4.69) is 4.98 Å². The molecule has 0 aliphatic rings. The number of nitro benzene ring substituents is 1. The van der Waals surface area contributed by atoms with Crippen LogP contribution in [0.15, 0.2) is 36.7 Å². The molecule has 1 heterocycles. The van der Waals surface area contributed by atoms with Crippen molar-refractivity contribution in [1.82, 2.24) is 4.98 Å². The van der Waals surface area contributed by atoms with E-state index in [4.69, 9.17) is 10.5 Å². The molecule has 6 nitrogen and oxygen atoms in total. The Bertz CT molecular complexity index is 629. The van der Waals surface area contributed by atoms with Crippen LogP contribution in [-0.2, 0) is 13.2 Å². The molecule has 6 heteroatoms. The monoisotopic (exact) mass is 273 g/mol. The second-order valence-corrected chi connectivity index (χ2v) is 4.42. The van der Waals surface area contributed by atoms with E-state index in [0.29, 0.717) is 5.56 Å². The van der Waals surface area contributed by atoms with E-state index in [0.717, 1.165) is 11.1 Å². The average molecular weight is 273 g/mol. The minimum Gasteiger partial charge on any atom is -0.482 e. The second-order valence-electron chi connectivity index (χ2n) is 4.42. The predicted octanol–water partition coefficient (Wildman–Crippen LogP) is 2.34. The Morgan fingerprint density at radius 3 is 2.75 bits per heavy atom. The second kappa shape index (κ2) is 6.12. The first kappa shape index (κ1) is 14.0. The Morgan fingerprint density at radius 2 is 2.10 bits per heavy atom. The summed E-state index contributed by atoms with van der Waals surface area (Å²) in [6, 6.07) is 6.65. The van der Waals surface area contributed by atoms with Gasteiger partial charge in [-0.15, -0.1) is 0 Å².